The van der Waals surface area contributed by atoms with E-state index < -0.39 is 16.3 Å². The van der Waals surface area contributed by atoms with Crippen LogP contribution in [0, 0.1) is 5.92 Å². The molecule has 8 nitrogen and oxygen atoms in total. The van der Waals surface area contributed by atoms with E-state index in [2.05, 4.69) is 19.5 Å². The first-order valence-electron chi connectivity index (χ1n) is 8.46. The maximum atomic E-state index is 13.0. The average molecular weight is 405 g/mol. The van der Waals surface area contributed by atoms with E-state index in [1.54, 1.807) is 0 Å². The molecule has 2 aliphatic rings. The number of hydrogen-bond donors (Lipinski definition) is 2. The van der Waals surface area contributed by atoms with Gasteiger partial charge in [-0.25, -0.2) is 13.1 Å². The third-order valence-electron chi connectivity index (χ3n) is 4.29. The number of likely N-dealkylation sites (tertiary alicyclic amines) is 1. The van der Waals surface area contributed by atoms with Crippen LogP contribution in [0.15, 0.2) is 18.2 Å². The Morgan fingerprint density at radius 2 is 2.07 bits per heavy atom. The van der Waals surface area contributed by atoms with Crippen molar-refractivity contribution < 1.29 is 31.5 Å². The molecule has 1 atom stereocenters. The molecule has 27 heavy (non-hydrogen) atoms. The number of rotatable bonds is 6. The maximum Gasteiger partial charge on any atom is 0.586 e. The lowest BCUT2D eigenvalue weighted by molar-refractivity contribution is -0.286. The summed E-state index contributed by atoms with van der Waals surface area (Å²) in [6, 6.07) is 4.04. The SMILES string of the molecule is CS(=O)(=O)NC[C@H]1CCCN(CC(=O)Nc2ccc3c(c2)OC(F)(F)O3)C1. The Bertz CT molecular complexity index is 818. The molecule has 1 amide bonds. The van der Waals surface area contributed by atoms with Crippen molar-refractivity contribution in [2.45, 2.75) is 19.1 Å². The third-order valence-corrected chi connectivity index (χ3v) is 4.98. The van der Waals surface area contributed by atoms with Gasteiger partial charge in [0.1, 0.15) is 0 Å². The van der Waals surface area contributed by atoms with Gasteiger partial charge in [-0.05, 0) is 37.4 Å². The number of carbonyl (C=O) groups is 1. The summed E-state index contributed by atoms with van der Waals surface area (Å²) in [6.45, 7) is 1.80. The minimum absolute atomic E-state index is 0.0877. The minimum Gasteiger partial charge on any atom is -0.395 e. The Balaban J connectivity index is 1.51. The summed E-state index contributed by atoms with van der Waals surface area (Å²) in [5, 5.41) is 2.64. The molecule has 3 rings (SSSR count). The molecule has 1 aromatic rings. The lowest BCUT2D eigenvalue weighted by Gasteiger charge is -2.32. The van der Waals surface area contributed by atoms with Gasteiger partial charge in [-0.1, -0.05) is 0 Å². The first-order valence-corrected chi connectivity index (χ1v) is 10.4. The number of amides is 1. The van der Waals surface area contributed by atoms with Crippen LogP contribution in [0.4, 0.5) is 14.5 Å². The monoisotopic (exact) mass is 405 g/mol. The Kier molecular flexibility index (Phi) is 5.54. The molecule has 1 fully saturated rings. The third kappa shape index (κ3) is 5.75. The van der Waals surface area contributed by atoms with E-state index in [9.17, 15) is 22.0 Å². The van der Waals surface area contributed by atoms with Gasteiger partial charge in [0.05, 0.1) is 12.8 Å². The zero-order chi connectivity index (χ0) is 19.7. The summed E-state index contributed by atoms with van der Waals surface area (Å²) in [7, 11) is -3.24. The Hall–Kier alpha value is -1.98. The van der Waals surface area contributed by atoms with Crippen molar-refractivity contribution in [1.82, 2.24) is 9.62 Å². The Labute approximate surface area is 155 Å². The number of sulfonamides is 1. The van der Waals surface area contributed by atoms with Gasteiger partial charge in [0.15, 0.2) is 11.5 Å². The van der Waals surface area contributed by atoms with Crippen molar-refractivity contribution in [3.05, 3.63) is 18.2 Å². The number of halogens is 2. The molecule has 0 aliphatic carbocycles. The molecular formula is C16H21F2N3O5S. The van der Waals surface area contributed by atoms with Crippen LogP contribution in [-0.4, -0.2) is 58.0 Å². The number of benzene rings is 1. The molecule has 0 bridgehead atoms. The van der Waals surface area contributed by atoms with E-state index in [0.717, 1.165) is 25.6 Å². The number of carbonyl (C=O) groups excluding carboxylic acids is 1. The van der Waals surface area contributed by atoms with Crippen molar-refractivity contribution in [3.8, 4) is 11.5 Å². The maximum absolute atomic E-state index is 13.0. The largest absolute Gasteiger partial charge is 0.586 e. The average Bonchev–Trinajstić information content (AvgIpc) is 2.85. The molecule has 0 saturated carbocycles. The second-order valence-corrected chi connectivity index (χ2v) is 8.57. The van der Waals surface area contributed by atoms with Crippen LogP contribution in [-0.2, 0) is 14.8 Å². The molecule has 2 heterocycles. The highest BCUT2D eigenvalue weighted by Crippen LogP contribution is 2.42. The molecule has 0 radical (unpaired) electrons. The highest BCUT2D eigenvalue weighted by atomic mass is 32.2. The predicted molar refractivity (Wildman–Crippen MR) is 93.3 cm³/mol. The van der Waals surface area contributed by atoms with E-state index in [0.29, 0.717) is 18.8 Å². The zero-order valence-corrected chi connectivity index (χ0v) is 15.5. The van der Waals surface area contributed by atoms with Crippen molar-refractivity contribution >= 4 is 21.6 Å². The van der Waals surface area contributed by atoms with E-state index in [1.807, 2.05) is 4.90 Å². The smallest absolute Gasteiger partial charge is 0.395 e. The predicted octanol–water partition coefficient (Wildman–Crippen LogP) is 1.21. The molecule has 2 N–H and O–H groups in total. The number of nitrogens with one attached hydrogen (secondary N) is 2. The standard InChI is InChI=1S/C16H21F2N3O5S/c1-27(23,24)19-8-11-3-2-6-21(9-11)10-15(22)20-12-4-5-13-14(7-12)26-16(17,18)25-13/h4-5,7,11,19H,2-3,6,8-10H2,1H3,(H,20,22)/t11-/m1/s1. The number of ether oxygens (including phenoxy) is 2. The van der Waals surface area contributed by atoms with Crippen molar-refractivity contribution in [2.24, 2.45) is 5.92 Å². The number of fused-ring (bicyclic) bond motifs is 1. The van der Waals surface area contributed by atoms with Crippen LogP contribution in [0.2, 0.25) is 0 Å². The van der Waals surface area contributed by atoms with Crippen molar-refractivity contribution in [3.63, 3.8) is 0 Å². The van der Waals surface area contributed by atoms with Gasteiger partial charge < -0.3 is 14.8 Å². The van der Waals surface area contributed by atoms with Crippen LogP contribution < -0.4 is 19.5 Å². The molecule has 1 aromatic carbocycles. The lowest BCUT2D eigenvalue weighted by Crippen LogP contribution is -2.43. The normalized spacial score (nSPS) is 21.8. The molecular weight excluding hydrogens is 384 g/mol. The van der Waals surface area contributed by atoms with Gasteiger partial charge >= 0.3 is 6.29 Å². The van der Waals surface area contributed by atoms with Gasteiger partial charge in [-0.15, -0.1) is 8.78 Å². The lowest BCUT2D eigenvalue weighted by atomic mass is 9.98. The highest BCUT2D eigenvalue weighted by molar-refractivity contribution is 7.88. The summed E-state index contributed by atoms with van der Waals surface area (Å²) < 4.78 is 59.6. The van der Waals surface area contributed by atoms with E-state index in [1.165, 1.54) is 18.2 Å². The van der Waals surface area contributed by atoms with E-state index in [4.69, 9.17) is 0 Å². The molecule has 2 aliphatic heterocycles. The molecule has 0 spiro atoms. The fourth-order valence-electron chi connectivity index (χ4n) is 3.16. The molecule has 0 unspecified atom stereocenters. The summed E-state index contributed by atoms with van der Waals surface area (Å²) in [5.41, 5.74) is 0.326. The first-order chi connectivity index (χ1) is 12.6. The first kappa shape index (κ1) is 19.8. The second-order valence-electron chi connectivity index (χ2n) is 6.74. The fourth-order valence-corrected chi connectivity index (χ4v) is 3.70. The van der Waals surface area contributed by atoms with Crippen molar-refractivity contribution in [1.29, 1.82) is 0 Å². The summed E-state index contributed by atoms with van der Waals surface area (Å²) >= 11 is 0. The summed E-state index contributed by atoms with van der Waals surface area (Å²) in [5.74, 6) is -0.385. The summed E-state index contributed by atoms with van der Waals surface area (Å²) in [4.78, 5) is 14.2. The summed E-state index contributed by atoms with van der Waals surface area (Å²) in [6.07, 6.45) is -0.838. The number of piperidine rings is 1. The van der Waals surface area contributed by atoms with Crippen LogP contribution >= 0.6 is 0 Å². The molecule has 0 aromatic heterocycles. The van der Waals surface area contributed by atoms with E-state index in [-0.39, 0.29) is 29.9 Å². The van der Waals surface area contributed by atoms with Crippen molar-refractivity contribution in [2.75, 3.05) is 37.8 Å². The molecule has 1 saturated heterocycles. The van der Waals surface area contributed by atoms with Crippen LogP contribution in [0.25, 0.3) is 0 Å². The van der Waals surface area contributed by atoms with E-state index >= 15 is 0 Å². The van der Waals surface area contributed by atoms with Gasteiger partial charge in [0, 0.05) is 24.8 Å². The number of nitrogens with zero attached hydrogens (tertiary/aromatic N) is 1. The topological polar surface area (TPSA) is 97.0 Å². The number of hydrogen-bond acceptors (Lipinski definition) is 6. The molecule has 11 heteroatoms. The van der Waals surface area contributed by atoms with Crippen LogP contribution in [0.3, 0.4) is 0 Å². The molecule has 150 valence electrons. The second kappa shape index (κ2) is 7.56. The number of alkyl halides is 2. The zero-order valence-electron chi connectivity index (χ0n) is 14.7. The highest BCUT2D eigenvalue weighted by Gasteiger charge is 2.43. The number of anilines is 1. The van der Waals surface area contributed by atoms with Gasteiger partial charge in [0.25, 0.3) is 0 Å². The Morgan fingerprint density at radius 1 is 1.33 bits per heavy atom. The quantitative estimate of drug-likeness (QED) is 0.739. The minimum atomic E-state index is -3.70. The van der Waals surface area contributed by atoms with Crippen LogP contribution in [0.1, 0.15) is 12.8 Å². The Morgan fingerprint density at radius 3 is 2.81 bits per heavy atom. The fraction of sp³-hybridized carbons (Fsp3) is 0.562. The van der Waals surface area contributed by atoms with Gasteiger partial charge in [-0.2, -0.15) is 0 Å². The van der Waals surface area contributed by atoms with Crippen LogP contribution in [0.5, 0.6) is 11.5 Å². The van der Waals surface area contributed by atoms with Gasteiger partial charge in [0.2, 0.25) is 15.9 Å². The van der Waals surface area contributed by atoms with Gasteiger partial charge in [-0.3, -0.25) is 9.69 Å².